The maximum absolute atomic E-state index is 14.4. The normalized spacial score (nSPS) is 19.8. The Morgan fingerprint density at radius 2 is 1.88 bits per heavy atom. The molecule has 4 rings (SSSR count). The van der Waals surface area contributed by atoms with Gasteiger partial charge in [-0.25, -0.2) is 9.37 Å². The van der Waals surface area contributed by atoms with E-state index in [1.54, 1.807) is 16.2 Å². The lowest BCUT2D eigenvalue weighted by Gasteiger charge is -2.36. The van der Waals surface area contributed by atoms with E-state index in [4.69, 9.17) is 0 Å². The van der Waals surface area contributed by atoms with Gasteiger partial charge in [0, 0.05) is 6.54 Å². The molecule has 1 aromatic carbocycles. The molecule has 2 aromatic rings. The molecule has 1 aromatic heterocycles. The monoisotopic (exact) mass is 570 g/mol. The van der Waals surface area contributed by atoms with Crippen LogP contribution in [0.2, 0.25) is 0 Å². The van der Waals surface area contributed by atoms with Crippen molar-refractivity contribution >= 4 is 29.1 Å². The van der Waals surface area contributed by atoms with Crippen LogP contribution in [-0.4, -0.2) is 51.9 Å². The van der Waals surface area contributed by atoms with Gasteiger partial charge in [-0.05, 0) is 80.0 Å². The van der Waals surface area contributed by atoms with Gasteiger partial charge < -0.3 is 15.5 Å². The van der Waals surface area contributed by atoms with Gasteiger partial charge in [0.25, 0.3) is 5.91 Å². The maximum Gasteiger partial charge on any atom is 0.258 e. The minimum Gasteiger partial charge on any atom is -0.348 e. The van der Waals surface area contributed by atoms with E-state index in [2.05, 4.69) is 47.7 Å². The van der Waals surface area contributed by atoms with Crippen LogP contribution in [0.5, 0.6) is 0 Å². The molecule has 1 aliphatic heterocycles. The van der Waals surface area contributed by atoms with Crippen molar-refractivity contribution in [3.05, 3.63) is 40.5 Å². The van der Waals surface area contributed by atoms with Gasteiger partial charge in [0.2, 0.25) is 11.8 Å². The molecule has 2 fully saturated rings. The van der Waals surface area contributed by atoms with Gasteiger partial charge in [0.15, 0.2) is 5.67 Å². The molecule has 0 bridgehead atoms. The highest BCUT2D eigenvalue weighted by Gasteiger charge is 2.53. The van der Waals surface area contributed by atoms with Crippen LogP contribution in [0.25, 0.3) is 10.4 Å². The van der Waals surface area contributed by atoms with Crippen LogP contribution in [0.1, 0.15) is 90.1 Å². The van der Waals surface area contributed by atoms with E-state index in [1.165, 1.54) is 5.56 Å². The number of aromatic nitrogens is 1. The van der Waals surface area contributed by atoms with Gasteiger partial charge >= 0.3 is 0 Å². The highest BCUT2D eigenvalue weighted by molar-refractivity contribution is 7.13. The van der Waals surface area contributed by atoms with Gasteiger partial charge in [-0.15, -0.1) is 11.3 Å². The van der Waals surface area contributed by atoms with Crippen LogP contribution in [0.15, 0.2) is 23.7 Å². The molecule has 9 heteroatoms. The standard InChI is InChI=1S/C31H43FN4O3S/c1-18(2)15-22-16-21(25-20(4)33-17-40-25)10-11-23(22)19(3)34-27(37)24-9-8-14-36(24)28(38)26(30(5,6)7)35-29(39)31(32)12-13-31/h10-11,16-19,24,26H,8-9,12-15H2,1-7H3,(H,34,37)(H,35,39). The van der Waals surface area contributed by atoms with Gasteiger partial charge in [-0.3, -0.25) is 14.4 Å². The fourth-order valence-electron chi connectivity index (χ4n) is 5.47. The summed E-state index contributed by atoms with van der Waals surface area (Å²) in [6, 6.07) is 4.57. The van der Waals surface area contributed by atoms with Crippen molar-refractivity contribution in [3.63, 3.8) is 0 Å². The fourth-order valence-corrected chi connectivity index (χ4v) is 6.27. The molecule has 3 amide bonds. The van der Waals surface area contributed by atoms with Crippen LogP contribution in [0.3, 0.4) is 0 Å². The maximum atomic E-state index is 14.4. The minimum atomic E-state index is -1.87. The van der Waals surface area contributed by atoms with Crippen molar-refractivity contribution in [2.24, 2.45) is 11.3 Å². The van der Waals surface area contributed by atoms with Crippen LogP contribution in [-0.2, 0) is 20.8 Å². The predicted octanol–water partition coefficient (Wildman–Crippen LogP) is 5.52. The van der Waals surface area contributed by atoms with Gasteiger partial charge in [0.05, 0.1) is 22.1 Å². The summed E-state index contributed by atoms with van der Waals surface area (Å²) >= 11 is 1.62. The molecule has 7 nitrogen and oxygen atoms in total. The van der Waals surface area contributed by atoms with Crippen LogP contribution >= 0.6 is 11.3 Å². The summed E-state index contributed by atoms with van der Waals surface area (Å²) in [6.07, 6.45) is 2.47. The van der Waals surface area contributed by atoms with E-state index in [-0.39, 0.29) is 30.7 Å². The lowest BCUT2D eigenvalue weighted by Crippen LogP contribution is -2.59. The molecule has 2 N–H and O–H groups in total. The van der Waals surface area contributed by atoms with Crippen molar-refractivity contribution < 1.29 is 18.8 Å². The van der Waals surface area contributed by atoms with Crippen LogP contribution < -0.4 is 10.6 Å². The Morgan fingerprint density at radius 1 is 1.18 bits per heavy atom. The van der Waals surface area contributed by atoms with E-state index in [0.717, 1.165) is 28.1 Å². The second kappa shape index (κ2) is 11.6. The summed E-state index contributed by atoms with van der Waals surface area (Å²) in [4.78, 5) is 46.9. The summed E-state index contributed by atoms with van der Waals surface area (Å²) < 4.78 is 14.4. The average Bonchev–Trinajstić information content (AvgIpc) is 3.25. The Balaban J connectivity index is 1.51. The highest BCUT2D eigenvalue weighted by Crippen LogP contribution is 2.40. The summed E-state index contributed by atoms with van der Waals surface area (Å²) in [5.41, 5.74) is 3.72. The fraction of sp³-hybridized carbons (Fsp3) is 0.613. The van der Waals surface area contributed by atoms with Crippen molar-refractivity contribution in [2.45, 2.75) is 104 Å². The van der Waals surface area contributed by atoms with Crippen molar-refractivity contribution in [3.8, 4) is 10.4 Å². The third kappa shape index (κ3) is 6.56. The number of hydrogen-bond donors (Lipinski definition) is 2. The Kier molecular flexibility index (Phi) is 8.74. The highest BCUT2D eigenvalue weighted by atomic mass is 32.1. The number of benzene rings is 1. The van der Waals surface area contributed by atoms with E-state index < -0.39 is 29.1 Å². The first-order valence-electron chi connectivity index (χ1n) is 14.4. The zero-order valence-electron chi connectivity index (χ0n) is 24.8. The molecule has 1 aliphatic carbocycles. The number of rotatable bonds is 9. The molecule has 3 unspecified atom stereocenters. The Hall–Kier alpha value is -2.81. The number of thiazole rings is 1. The zero-order chi connectivity index (χ0) is 29.4. The Bertz CT molecular complexity index is 1260. The molecule has 2 aliphatic rings. The molecule has 218 valence electrons. The summed E-state index contributed by atoms with van der Waals surface area (Å²) in [7, 11) is 0. The lowest BCUT2D eigenvalue weighted by molar-refractivity contribution is -0.145. The van der Waals surface area contributed by atoms with Crippen molar-refractivity contribution in [2.75, 3.05) is 6.54 Å². The second-order valence-corrected chi connectivity index (χ2v) is 13.8. The lowest BCUT2D eigenvalue weighted by atomic mass is 9.85. The topological polar surface area (TPSA) is 91.4 Å². The second-order valence-electron chi connectivity index (χ2n) is 12.9. The summed E-state index contributed by atoms with van der Waals surface area (Å²) in [5, 5.41) is 5.83. The first-order chi connectivity index (χ1) is 18.7. The first-order valence-corrected chi connectivity index (χ1v) is 15.2. The summed E-state index contributed by atoms with van der Waals surface area (Å²) in [6.45, 7) is 14.3. The molecule has 0 spiro atoms. The molecule has 1 saturated heterocycles. The van der Waals surface area contributed by atoms with E-state index in [1.807, 2.05) is 40.1 Å². The van der Waals surface area contributed by atoms with E-state index >= 15 is 0 Å². The Labute approximate surface area is 241 Å². The molecular formula is C31H43FN4O3S. The minimum absolute atomic E-state index is 0.181. The number of aryl methyl sites for hydroxylation is 1. The number of likely N-dealkylation sites (tertiary alicyclic amines) is 1. The molecule has 1 saturated carbocycles. The molecule has 40 heavy (non-hydrogen) atoms. The quantitative estimate of drug-likeness (QED) is 0.416. The molecule has 3 atom stereocenters. The third-order valence-corrected chi connectivity index (χ3v) is 8.90. The number of amides is 3. The number of carbonyl (C=O) groups excluding carboxylic acids is 3. The average molecular weight is 571 g/mol. The van der Waals surface area contributed by atoms with Gasteiger partial charge in [0.1, 0.15) is 12.1 Å². The first kappa shape index (κ1) is 30.2. The predicted molar refractivity (Wildman–Crippen MR) is 157 cm³/mol. The number of nitrogens with one attached hydrogen (secondary N) is 2. The molecule has 0 radical (unpaired) electrons. The zero-order valence-corrected chi connectivity index (χ0v) is 25.6. The van der Waals surface area contributed by atoms with Crippen molar-refractivity contribution in [1.82, 2.24) is 20.5 Å². The van der Waals surface area contributed by atoms with Gasteiger partial charge in [-0.2, -0.15) is 0 Å². The van der Waals surface area contributed by atoms with Gasteiger partial charge in [-0.1, -0.05) is 46.8 Å². The van der Waals surface area contributed by atoms with E-state index in [9.17, 15) is 18.8 Å². The third-order valence-electron chi connectivity index (χ3n) is 7.93. The van der Waals surface area contributed by atoms with Crippen molar-refractivity contribution in [1.29, 1.82) is 0 Å². The number of nitrogens with zero attached hydrogens (tertiary/aromatic N) is 2. The largest absolute Gasteiger partial charge is 0.348 e. The van der Waals surface area contributed by atoms with E-state index in [0.29, 0.717) is 25.3 Å². The number of hydrogen-bond acceptors (Lipinski definition) is 5. The number of halogens is 1. The molecular weight excluding hydrogens is 527 g/mol. The molecule has 2 heterocycles. The SMILES string of the molecule is Cc1ncsc1-c1ccc(C(C)NC(=O)C2CCCN2C(=O)C(NC(=O)C2(F)CC2)C(C)(C)C)c(CC(C)C)c1. The van der Waals surface area contributed by atoms with Crippen LogP contribution in [0.4, 0.5) is 4.39 Å². The smallest absolute Gasteiger partial charge is 0.258 e. The number of carbonyl (C=O) groups is 3. The number of alkyl halides is 1. The Morgan fingerprint density at radius 3 is 2.45 bits per heavy atom. The van der Waals surface area contributed by atoms with Crippen LogP contribution in [0, 0.1) is 18.3 Å². The summed E-state index contributed by atoms with van der Waals surface area (Å²) in [5.74, 6) is -0.838.